The Morgan fingerprint density at radius 3 is 2.95 bits per heavy atom. The lowest BCUT2D eigenvalue weighted by Crippen LogP contribution is -2.41. The molecule has 1 saturated heterocycles. The fourth-order valence-corrected chi connectivity index (χ4v) is 3.54. The molecule has 1 aliphatic rings. The molecule has 1 N–H and O–H groups in total. The van der Waals surface area contributed by atoms with Crippen molar-refractivity contribution >= 4 is 34.5 Å². The summed E-state index contributed by atoms with van der Waals surface area (Å²) in [6, 6.07) is -0.0944. The lowest BCUT2D eigenvalue weighted by Gasteiger charge is -2.31. The zero-order valence-electron chi connectivity index (χ0n) is 12.2. The number of piperidine rings is 1. The first-order valence-electron chi connectivity index (χ1n) is 7.00. The molecule has 0 radical (unpaired) electrons. The highest BCUT2D eigenvalue weighted by molar-refractivity contribution is 7.98. The summed E-state index contributed by atoms with van der Waals surface area (Å²) in [5, 5.41) is 8.19. The SMILES string of the molecule is CSc1nsc(NC(=O)N2CCC(Cn3cncn3)CC2)n1. The number of urea groups is 1. The van der Waals surface area contributed by atoms with Gasteiger partial charge in [-0.25, -0.2) is 9.78 Å². The Labute approximate surface area is 136 Å². The molecular weight excluding hydrogens is 322 g/mol. The van der Waals surface area contributed by atoms with E-state index in [1.165, 1.54) is 23.3 Å². The van der Waals surface area contributed by atoms with E-state index in [2.05, 4.69) is 24.8 Å². The quantitative estimate of drug-likeness (QED) is 0.855. The molecule has 22 heavy (non-hydrogen) atoms. The summed E-state index contributed by atoms with van der Waals surface area (Å²) < 4.78 is 5.98. The largest absolute Gasteiger partial charge is 0.324 e. The minimum absolute atomic E-state index is 0.0944. The van der Waals surface area contributed by atoms with E-state index in [0.717, 1.165) is 32.5 Å². The van der Waals surface area contributed by atoms with E-state index >= 15 is 0 Å². The number of hydrogen-bond donors (Lipinski definition) is 1. The Kier molecular flexibility index (Phi) is 4.88. The van der Waals surface area contributed by atoms with Gasteiger partial charge in [0.25, 0.3) is 0 Å². The molecule has 0 spiro atoms. The van der Waals surface area contributed by atoms with Crippen molar-refractivity contribution in [3.8, 4) is 0 Å². The molecule has 1 aliphatic heterocycles. The molecule has 0 aromatic carbocycles. The molecule has 2 amide bonds. The summed E-state index contributed by atoms with van der Waals surface area (Å²) in [4.78, 5) is 22.2. The van der Waals surface area contributed by atoms with Crippen molar-refractivity contribution in [2.75, 3.05) is 24.7 Å². The molecule has 10 heteroatoms. The molecule has 2 aromatic heterocycles. The van der Waals surface area contributed by atoms with Crippen molar-refractivity contribution in [2.24, 2.45) is 5.92 Å². The number of carbonyl (C=O) groups excluding carboxylic acids is 1. The number of nitrogens with one attached hydrogen (secondary N) is 1. The van der Waals surface area contributed by atoms with Gasteiger partial charge in [0.15, 0.2) is 0 Å². The Balaban J connectivity index is 1.47. The van der Waals surface area contributed by atoms with Crippen LogP contribution in [-0.2, 0) is 6.54 Å². The molecule has 0 saturated carbocycles. The van der Waals surface area contributed by atoms with E-state index in [9.17, 15) is 4.79 Å². The van der Waals surface area contributed by atoms with Crippen molar-refractivity contribution in [1.82, 2.24) is 29.0 Å². The van der Waals surface area contributed by atoms with Crippen LogP contribution in [0.15, 0.2) is 17.8 Å². The van der Waals surface area contributed by atoms with E-state index < -0.39 is 0 Å². The number of amides is 2. The maximum absolute atomic E-state index is 12.2. The van der Waals surface area contributed by atoms with E-state index in [1.807, 2.05) is 15.8 Å². The first kappa shape index (κ1) is 15.2. The third-order valence-electron chi connectivity index (χ3n) is 3.62. The van der Waals surface area contributed by atoms with Crippen LogP contribution in [0, 0.1) is 5.92 Å². The Morgan fingerprint density at radius 2 is 2.32 bits per heavy atom. The number of aromatic nitrogens is 5. The summed E-state index contributed by atoms with van der Waals surface area (Å²) >= 11 is 2.67. The second-order valence-electron chi connectivity index (χ2n) is 5.06. The summed E-state index contributed by atoms with van der Waals surface area (Å²) in [5.74, 6) is 0.537. The smallest absolute Gasteiger partial charge is 0.323 e. The van der Waals surface area contributed by atoms with Crippen molar-refractivity contribution in [3.05, 3.63) is 12.7 Å². The molecule has 0 unspecified atom stereocenters. The molecule has 0 aliphatic carbocycles. The zero-order valence-corrected chi connectivity index (χ0v) is 13.8. The van der Waals surface area contributed by atoms with Gasteiger partial charge in [0.05, 0.1) is 0 Å². The summed E-state index contributed by atoms with van der Waals surface area (Å²) in [5.41, 5.74) is 0. The lowest BCUT2D eigenvalue weighted by atomic mass is 9.97. The number of likely N-dealkylation sites (tertiary alicyclic amines) is 1. The Morgan fingerprint density at radius 1 is 1.50 bits per heavy atom. The monoisotopic (exact) mass is 339 g/mol. The van der Waals surface area contributed by atoms with Crippen molar-refractivity contribution in [1.29, 1.82) is 0 Å². The number of anilines is 1. The molecule has 3 heterocycles. The van der Waals surface area contributed by atoms with Gasteiger partial charge in [-0.3, -0.25) is 10.00 Å². The van der Waals surface area contributed by atoms with Crippen LogP contribution in [-0.4, -0.2) is 54.4 Å². The van der Waals surface area contributed by atoms with Gasteiger partial charge in [0.1, 0.15) is 12.7 Å². The average Bonchev–Trinajstić information content (AvgIpc) is 3.19. The van der Waals surface area contributed by atoms with Crippen LogP contribution in [0.5, 0.6) is 0 Å². The van der Waals surface area contributed by atoms with Crippen LogP contribution in [0.4, 0.5) is 9.93 Å². The highest BCUT2D eigenvalue weighted by Crippen LogP contribution is 2.21. The third kappa shape index (κ3) is 3.74. The van der Waals surface area contributed by atoms with Gasteiger partial charge < -0.3 is 4.90 Å². The van der Waals surface area contributed by atoms with E-state index in [-0.39, 0.29) is 6.03 Å². The maximum atomic E-state index is 12.2. The van der Waals surface area contributed by atoms with Crippen LogP contribution < -0.4 is 5.32 Å². The minimum atomic E-state index is -0.0944. The molecular formula is C12H17N7OS2. The van der Waals surface area contributed by atoms with Gasteiger partial charge in [0, 0.05) is 31.2 Å². The molecule has 0 atom stereocenters. The molecule has 2 aromatic rings. The van der Waals surface area contributed by atoms with Crippen LogP contribution in [0.2, 0.25) is 0 Å². The summed E-state index contributed by atoms with van der Waals surface area (Å²) in [6.45, 7) is 2.36. The third-order valence-corrected chi connectivity index (χ3v) is 4.91. The van der Waals surface area contributed by atoms with E-state index in [4.69, 9.17) is 0 Å². The van der Waals surface area contributed by atoms with Crippen LogP contribution in [0.25, 0.3) is 0 Å². The van der Waals surface area contributed by atoms with Crippen molar-refractivity contribution in [3.63, 3.8) is 0 Å². The van der Waals surface area contributed by atoms with E-state index in [1.54, 1.807) is 12.7 Å². The number of thioether (sulfide) groups is 1. The van der Waals surface area contributed by atoms with Gasteiger partial charge in [-0.15, -0.1) is 0 Å². The molecule has 118 valence electrons. The van der Waals surface area contributed by atoms with Crippen LogP contribution in [0.1, 0.15) is 12.8 Å². The molecule has 8 nitrogen and oxygen atoms in total. The predicted molar refractivity (Wildman–Crippen MR) is 85.0 cm³/mol. The minimum Gasteiger partial charge on any atom is -0.324 e. The number of nitrogens with zero attached hydrogens (tertiary/aromatic N) is 6. The number of hydrogen-bond acceptors (Lipinski definition) is 7. The summed E-state index contributed by atoms with van der Waals surface area (Å²) in [7, 11) is 0. The fraction of sp³-hybridized carbons (Fsp3) is 0.583. The van der Waals surface area contributed by atoms with Gasteiger partial charge in [-0.05, 0) is 25.0 Å². The van der Waals surface area contributed by atoms with Crippen molar-refractivity contribution in [2.45, 2.75) is 24.5 Å². The number of carbonyl (C=O) groups is 1. The second kappa shape index (κ2) is 7.05. The standard InChI is InChI=1S/C12H17N7OS2/c1-21-11-15-10(22-17-11)16-12(20)18-4-2-9(3-5-18)6-19-8-13-7-14-19/h7-9H,2-6H2,1H3,(H,15,16,17,20). The fourth-order valence-electron chi connectivity index (χ4n) is 2.42. The number of rotatable bonds is 4. The Hall–Kier alpha value is -1.68. The normalized spacial score (nSPS) is 16.0. The zero-order chi connectivity index (χ0) is 15.4. The molecule has 3 rings (SSSR count). The summed E-state index contributed by atoms with van der Waals surface area (Å²) in [6.07, 6.45) is 7.14. The topological polar surface area (TPSA) is 88.8 Å². The average molecular weight is 339 g/mol. The van der Waals surface area contributed by atoms with Crippen LogP contribution >= 0.6 is 23.3 Å². The van der Waals surface area contributed by atoms with Gasteiger partial charge in [-0.1, -0.05) is 11.8 Å². The van der Waals surface area contributed by atoms with Gasteiger partial charge >= 0.3 is 6.03 Å². The second-order valence-corrected chi connectivity index (χ2v) is 6.59. The van der Waals surface area contributed by atoms with Gasteiger partial charge in [0.2, 0.25) is 10.3 Å². The van der Waals surface area contributed by atoms with Gasteiger partial charge in [-0.2, -0.15) is 14.5 Å². The predicted octanol–water partition coefficient (Wildman–Crippen LogP) is 1.80. The highest BCUT2D eigenvalue weighted by atomic mass is 32.2. The first-order valence-corrected chi connectivity index (χ1v) is 9.00. The maximum Gasteiger partial charge on any atom is 0.323 e. The van der Waals surface area contributed by atoms with Crippen LogP contribution in [0.3, 0.4) is 0 Å². The first-order chi connectivity index (χ1) is 10.7. The highest BCUT2D eigenvalue weighted by Gasteiger charge is 2.23. The molecule has 0 bridgehead atoms. The Bertz CT molecular complexity index is 607. The van der Waals surface area contributed by atoms with Crippen molar-refractivity contribution < 1.29 is 4.79 Å². The molecule has 1 fully saturated rings. The van der Waals surface area contributed by atoms with E-state index in [0.29, 0.717) is 16.2 Å². The lowest BCUT2D eigenvalue weighted by molar-refractivity contribution is 0.175.